The molecule has 0 amide bonds. The van der Waals surface area contributed by atoms with Gasteiger partial charge in [-0.3, -0.25) is 14.8 Å². The maximum atomic E-state index is 12.0. The summed E-state index contributed by atoms with van der Waals surface area (Å²) in [5, 5.41) is 9.85. The molecule has 0 radical (unpaired) electrons. The molecule has 2 atom stereocenters. The zero-order valence-corrected chi connectivity index (χ0v) is 15.0. The van der Waals surface area contributed by atoms with Crippen LogP contribution in [-0.2, 0) is 4.79 Å². The number of aromatic nitrogens is 1. The summed E-state index contributed by atoms with van der Waals surface area (Å²) in [6.45, 7) is 3.71. The molecule has 1 aliphatic rings. The highest BCUT2D eigenvalue weighted by molar-refractivity contribution is 9.10. The minimum absolute atomic E-state index is 0.320. The van der Waals surface area contributed by atoms with Gasteiger partial charge in [0, 0.05) is 34.2 Å². The number of rotatable bonds is 3. The van der Waals surface area contributed by atoms with Crippen LogP contribution < -0.4 is 0 Å². The average Bonchev–Trinajstić information content (AvgIpc) is 2.55. The van der Waals surface area contributed by atoms with Gasteiger partial charge in [-0.05, 0) is 42.7 Å². The third-order valence-electron chi connectivity index (χ3n) is 4.31. The molecule has 122 valence electrons. The Bertz CT molecular complexity index is 843. The summed E-state index contributed by atoms with van der Waals surface area (Å²) in [4.78, 5) is 20.7. The van der Waals surface area contributed by atoms with E-state index in [1.807, 2.05) is 43.3 Å². The van der Waals surface area contributed by atoms with Crippen molar-refractivity contribution < 1.29 is 9.90 Å². The van der Waals surface area contributed by atoms with E-state index in [-0.39, 0.29) is 5.92 Å². The van der Waals surface area contributed by atoms with E-state index in [1.165, 1.54) is 0 Å². The van der Waals surface area contributed by atoms with Gasteiger partial charge in [0.05, 0.1) is 0 Å². The van der Waals surface area contributed by atoms with Gasteiger partial charge in [0.2, 0.25) is 0 Å². The van der Waals surface area contributed by atoms with Gasteiger partial charge in [-0.15, -0.1) is 0 Å². The van der Waals surface area contributed by atoms with Crippen LogP contribution in [0.5, 0.6) is 0 Å². The monoisotopic (exact) mass is 384 g/mol. The summed E-state index contributed by atoms with van der Waals surface area (Å²) in [5.41, 5.74) is 4.20. The van der Waals surface area contributed by atoms with Crippen molar-refractivity contribution in [1.29, 1.82) is 0 Å². The van der Waals surface area contributed by atoms with Gasteiger partial charge in [-0.25, -0.2) is 0 Å². The molecule has 0 fully saturated rings. The van der Waals surface area contributed by atoms with Crippen LogP contribution in [0, 0.1) is 5.92 Å². The highest BCUT2D eigenvalue weighted by Gasteiger charge is 2.39. The lowest BCUT2D eigenvalue weighted by Crippen LogP contribution is -2.32. The van der Waals surface area contributed by atoms with Crippen LogP contribution in [-0.4, -0.2) is 21.8 Å². The molecule has 1 N–H and O–H groups in total. The highest BCUT2D eigenvalue weighted by atomic mass is 79.9. The van der Waals surface area contributed by atoms with Gasteiger partial charge in [0.1, 0.15) is 5.92 Å². The molecule has 0 aliphatic carbocycles. The first-order valence-electron chi connectivity index (χ1n) is 7.64. The van der Waals surface area contributed by atoms with Crippen LogP contribution >= 0.6 is 15.9 Å². The third kappa shape index (κ3) is 2.91. The number of hydrogen-bond donors (Lipinski definition) is 1. The second kappa shape index (κ2) is 6.69. The molecule has 0 bridgehead atoms. The number of halogens is 1. The van der Waals surface area contributed by atoms with Crippen molar-refractivity contribution >= 4 is 33.2 Å². The van der Waals surface area contributed by atoms with E-state index in [0.29, 0.717) is 5.71 Å². The van der Waals surface area contributed by atoms with Gasteiger partial charge in [0.25, 0.3) is 0 Å². The van der Waals surface area contributed by atoms with Gasteiger partial charge in [0.15, 0.2) is 0 Å². The number of aliphatic carboxylic acids is 1. The Labute approximate surface area is 149 Å². The maximum absolute atomic E-state index is 12.0. The number of nitrogens with zero attached hydrogens (tertiary/aromatic N) is 2. The summed E-state index contributed by atoms with van der Waals surface area (Å²) >= 11 is 3.58. The smallest absolute Gasteiger partial charge is 0.313 e. The molecule has 0 saturated carbocycles. The van der Waals surface area contributed by atoms with Crippen molar-refractivity contribution in [2.24, 2.45) is 10.9 Å². The highest BCUT2D eigenvalue weighted by Crippen LogP contribution is 2.45. The lowest BCUT2D eigenvalue weighted by Gasteiger charge is -2.32. The molecule has 2 aromatic rings. The molecule has 0 saturated heterocycles. The van der Waals surface area contributed by atoms with E-state index in [2.05, 4.69) is 25.9 Å². The fourth-order valence-electron chi connectivity index (χ4n) is 3.32. The number of benzene rings is 1. The van der Waals surface area contributed by atoms with Gasteiger partial charge < -0.3 is 5.11 Å². The minimum Gasteiger partial charge on any atom is -0.481 e. The van der Waals surface area contributed by atoms with Gasteiger partial charge >= 0.3 is 5.97 Å². The van der Waals surface area contributed by atoms with Crippen LogP contribution in [0.25, 0.3) is 5.57 Å². The second-order valence-corrected chi connectivity index (χ2v) is 6.66. The summed E-state index contributed by atoms with van der Waals surface area (Å²) < 4.78 is 0.894. The van der Waals surface area contributed by atoms with Gasteiger partial charge in [-0.2, -0.15) is 0 Å². The zero-order valence-electron chi connectivity index (χ0n) is 13.4. The van der Waals surface area contributed by atoms with Crippen molar-refractivity contribution in [3.8, 4) is 0 Å². The van der Waals surface area contributed by atoms with E-state index < -0.39 is 11.9 Å². The summed E-state index contributed by atoms with van der Waals surface area (Å²) in [6.07, 6.45) is 3.47. The minimum atomic E-state index is -0.870. The molecule has 0 spiro atoms. The largest absolute Gasteiger partial charge is 0.481 e. The number of carbonyl (C=O) groups is 1. The standard InChI is InChI=1S/C19H17BrN2O2/c1-11-16(13-6-5-9-21-10-13)18(14-7-3-4-8-15(14)20)17(19(23)24)12(2)22-11/h3-10,17-18H,1-2H3,(H,23,24). The first kappa shape index (κ1) is 16.6. The normalized spacial score (nSPS) is 20.7. The molecule has 4 nitrogen and oxygen atoms in total. The topological polar surface area (TPSA) is 62.5 Å². The van der Waals surface area contributed by atoms with Crippen LogP contribution in [0.3, 0.4) is 0 Å². The summed E-state index contributed by atoms with van der Waals surface area (Å²) in [6, 6.07) is 11.6. The van der Waals surface area contributed by atoms with E-state index in [9.17, 15) is 9.90 Å². The molecule has 5 heteroatoms. The summed E-state index contributed by atoms with van der Waals surface area (Å²) in [7, 11) is 0. The van der Waals surface area contributed by atoms with Crippen LogP contribution in [0.4, 0.5) is 0 Å². The Balaban J connectivity index is 2.28. The Morgan fingerprint density at radius 3 is 2.54 bits per heavy atom. The maximum Gasteiger partial charge on any atom is 0.313 e. The van der Waals surface area contributed by atoms with E-state index in [1.54, 1.807) is 19.3 Å². The molecule has 1 aromatic heterocycles. The second-order valence-electron chi connectivity index (χ2n) is 5.81. The lowest BCUT2D eigenvalue weighted by atomic mass is 9.74. The van der Waals surface area contributed by atoms with Crippen molar-refractivity contribution in [1.82, 2.24) is 4.98 Å². The molecule has 2 unspecified atom stereocenters. The SMILES string of the molecule is CC1=NC(C)=C(c2cccnc2)C(c2ccccc2Br)C1C(=O)O. The lowest BCUT2D eigenvalue weighted by molar-refractivity contribution is -0.139. The van der Waals surface area contributed by atoms with Gasteiger partial charge in [-0.1, -0.05) is 40.2 Å². The Hall–Kier alpha value is -2.27. The fourth-order valence-corrected chi connectivity index (χ4v) is 3.85. The Morgan fingerprint density at radius 2 is 1.92 bits per heavy atom. The van der Waals surface area contributed by atoms with E-state index in [4.69, 9.17) is 0 Å². The first-order valence-corrected chi connectivity index (χ1v) is 8.43. The predicted octanol–water partition coefficient (Wildman–Crippen LogP) is 4.53. The van der Waals surface area contributed by atoms with Crippen LogP contribution in [0.2, 0.25) is 0 Å². The molecular weight excluding hydrogens is 368 g/mol. The number of pyridine rings is 1. The third-order valence-corrected chi connectivity index (χ3v) is 5.03. The number of hydrogen-bond acceptors (Lipinski definition) is 3. The van der Waals surface area contributed by atoms with E-state index >= 15 is 0 Å². The predicted molar refractivity (Wildman–Crippen MR) is 97.9 cm³/mol. The molecule has 2 heterocycles. The number of carboxylic acid groups (broad SMARTS) is 1. The van der Waals surface area contributed by atoms with Crippen molar-refractivity contribution in [3.05, 3.63) is 70.1 Å². The molecule has 3 rings (SSSR count). The fraction of sp³-hybridized carbons (Fsp3) is 0.211. The Kier molecular flexibility index (Phi) is 4.62. The van der Waals surface area contributed by atoms with E-state index in [0.717, 1.165) is 26.9 Å². The zero-order chi connectivity index (χ0) is 17.3. The van der Waals surface area contributed by atoms with Crippen LogP contribution in [0.15, 0.2) is 64.0 Å². The summed E-state index contributed by atoms with van der Waals surface area (Å²) in [5.74, 6) is -1.90. The number of aliphatic imine (C=N–C) groups is 1. The average molecular weight is 385 g/mol. The quantitative estimate of drug-likeness (QED) is 0.844. The number of carboxylic acids is 1. The molecular formula is C19H17BrN2O2. The van der Waals surface area contributed by atoms with Crippen LogP contribution in [0.1, 0.15) is 30.9 Å². The molecule has 24 heavy (non-hydrogen) atoms. The first-order chi connectivity index (χ1) is 11.5. The van der Waals surface area contributed by atoms with Crippen molar-refractivity contribution in [2.45, 2.75) is 19.8 Å². The Morgan fingerprint density at radius 1 is 1.17 bits per heavy atom. The van der Waals surface area contributed by atoms with Crippen molar-refractivity contribution in [3.63, 3.8) is 0 Å². The molecule has 1 aromatic carbocycles. The molecule has 1 aliphatic heterocycles. The number of allylic oxidation sites excluding steroid dienone is 2. The van der Waals surface area contributed by atoms with Crippen molar-refractivity contribution in [2.75, 3.05) is 0 Å².